The maximum Gasteiger partial charge on any atom is 0.416 e. The third-order valence-corrected chi connectivity index (χ3v) is 6.79. The van der Waals surface area contributed by atoms with Crippen LogP contribution >= 0.6 is 0 Å². The first-order valence-corrected chi connectivity index (χ1v) is 11.4. The first kappa shape index (κ1) is 24.8. The van der Waals surface area contributed by atoms with Crippen LogP contribution in [0.5, 0.6) is 11.5 Å². The summed E-state index contributed by atoms with van der Waals surface area (Å²) in [5.41, 5.74) is -1.24. The molecule has 1 N–H and O–H groups in total. The van der Waals surface area contributed by atoms with E-state index < -0.39 is 27.7 Å². The lowest BCUT2D eigenvalue weighted by molar-refractivity contribution is -0.137. The second-order valence-corrected chi connectivity index (χ2v) is 8.88. The molecule has 3 rings (SSSR count). The van der Waals surface area contributed by atoms with Crippen molar-refractivity contribution in [2.45, 2.75) is 18.0 Å². The first-order valence-electron chi connectivity index (χ1n) is 9.99. The second kappa shape index (κ2) is 9.98. The number of sulfonamides is 1. The number of hydrogen-bond acceptors (Lipinski definition) is 6. The number of hydrogen-bond donors (Lipinski definition) is 1. The Hall–Kier alpha value is -2.83. The van der Waals surface area contributed by atoms with Crippen LogP contribution in [-0.4, -0.2) is 58.7 Å². The van der Waals surface area contributed by atoms with E-state index in [4.69, 9.17) is 14.2 Å². The van der Waals surface area contributed by atoms with Gasteiger partial charge in [-0.3, -0.25) is 4.79 Å². The molecule has 1 aliphatic rings. The van der Waals surface area contributed by atoms with Gasteiger partial charge in [0.05, 0.1) is 38.2 Å². The van der Waals surface area contributed by atoms with Crippen LogP contribution in [0.15, 0.2) is 41.3 Å². The zero-order chi connectivity index (χ0) is 24.2. The van der Waals surface area contributed by atoms with Crippen molar-refractivity contribution in [1.82, 2.24) is 4.31 Å². The predicted molar refractivity (Wildman–Crippen MR) is 113 cm³/mol. The summed E-state index contributed by atoms with van der Waals surface area (Å²) in [6, 6.07) is 6.49. The number of anilines is 1. The Balaban J connectivity index is 1.96. The van der Waals surface area contributed by atoms with E-state index in [1.54, 1.807) is 6.92 Å². The lowest BCUT2D eigenvalue weighted by atomic mass is 10.1. The van der Waals surface area contributed by atoms with Crippen molar-refractivity contribution in [1.29, 1.82) is 0 Å². The van der Waals surface area contributed by atoms with Gasteiger partial charge in [0.2, 0.25) is 10.0 Å². The monoisotopic (exact) mass is 488 g/mol. The molecule has 1 saturated heterocycles. The predicted octanol–water partition coefficient (Wildman–Crippen LogP) is 3.39. The maximum absolute atomic E-state index is 13.1. The molecule has 1 fully saturated rings. The lowest BCUT2D eigenvalue weighted by Gasteiger charge is -2.26. The highest BCUT2D eigenvalue weighted by atomic mass is 32.2. The largest absolute Gasteiger partial charge is 0.495 e. The molecule has 180 valence electrons. The maximum atomic E-state index is 13.1. The molecule has 0 aromatic heterocycles. The van der Waals surface area contributed by atoms with Gasteiger partial charge in [0.25, 0.3) is 5.91 Å². The summed E-state index contributed by atoms with van der Waals surface area (Å²) >= 11 is 0. The second-order valence-electron chi connectivity index (χ2n) is 6.98. The van der Waals surface area contributed by atoms with Crippen LogP contribution in [0.4, 0.5) is 18.9 Å². The van der Waals surface area contributed by atoms with Gasteiger partial charge in [-0.2, -0.15) is 17.5 Å². The van der Waals surface area contributed by atoms with Gasteiger partial charge in [0, 0.05) is 18.7 Å². The SMILES string of the molecule is CCOc1ccc(C(F)(F)F)cc1NC(=O)c1ccc(OC)c(S(=O)(=O)N2CCOCC2)c1. The Morgan fingerprint density at radius 3 is 2.39 bits per heavy atom. The summed E-state index contributed by atoms with van der Waals surface area (Å²) in [6.45, 7) is 2.57. The van der Waals surface area contributed by atoms with E-state index in [9.17, 15) is 26.4 Å². The van der Waals surface area contributed by atoms with E-state index in [1.165, 1.54) is 23.5 Å². The molecular formula is C21H23F3N2O6S. The quantitative estimate of drug-likeness (QED) is 0.642. The molecule has 0 spiro atoms. The fourth-order valence-electron chi connectivity index (χ4n) is 3.23. The fourth-order valence-corrected chi connectivity index (χ4v) is 4.81. The number of morpholine rings is 1. The van der Waals surface area contributed by atoms with Crippen molar-refractivity contribution in [2.24, 2.45) is 0 Å². The molecule has 1 aliphatic heterocycles. The molecule has 12 heteroatoms. The van der Waals surface area contributed by atoms with Crippen LogP contribution in [0.25, 0.3) is 0 Å². The minimum Gasteiger partial charge on any atom is -0.495 e. The van der Waals surface area contributed by atoms with E-state index in [-0.39, 0.29) is 60.6 Å². The standard InChI is InChI=1S/C21H23F3N2O6S/c1-3-32-17-7-5-15(21(22,23)24)13-16(17)25-20(27)14-4-6-18(30-2)19(12-14)33(28,29)26-8-10-31-11-9-26/h4-7,12-13H,3,8-11H2,1-2H3,(H,25,27). The molecule has 33 heavy (non-hydrogen) atoms. The van der Waals surface area contributed by atoms with Gasteiger partial charge in [-0.15, -0.1) is 0 Å². The summed E-state index contributed by atoms with van der Waals surface area (Å²) in [6.07, 6.45) is -4.62. The van der Waals surface area contributed by atoms with Crippen molar-refractivity contribution in [3.63, 3.8) is 0 Å². The van der Waals surface area contributed by atoms with Crippen LogP contribution in [0.3, 0.4) is 0 Å². The number of ether oxygens (including phenoxy) is 3. The van der Waals surface area contributed by atoms with Crippen molar-refractivity contribution < 1.29 is 40.6 Å². The van der Waals surface area contributed by atoms with Gasteiger partial charge < -0.3 is 19.5 Å². The van der Waals surface area contributed by atoms with Gasteiger partial charge in [-0.25, -0.2) is 8.42 Å². The number of carbonyl (C=O) groups is 1. The average Bonchev–Trinajstić information content (AvgIpc) is 2.79. The molecule has 2 aromatic carbocycles. The van der Waals surface area contributed by atoms with Gasteiger partial charge in [0.15, 0.2) is 0 Å². The molecule has 0 saturated carbocycles. The summed E-state index contributed by atoms with van der Waals surface area (Å²) < 4.78 is 82.5. The van der Waals surface area contributed by atoms with Crippen molar-refractivity contribution >= 4 is 21.6 Å². The fraction of sp³-hybridized carbons (Fsp3) is 0.381. The number of carbonyl (C=O) groups excluding carboxylic acids is 1. The number of amides is 1. The zero-order valence-corrected chi connectivity index (χ0v) is 18.8. The van der Waals surface area contributed by atoms with Crippen molar-refractivity contribution in [3.05, 3.63) is 47.5 Å². The Morgan fingerprint density at radius 2 is 1.79 bits per heavy atom. The minimum absolute atomic E-state index is 0.0344. The number of methoxy groups -OCH3 is 1. The van der Waals surface area contributed by atoms with E-state index in [0.29, 0.717) is 0 Å². The topological polar surface area (TPSA) is 94.2 Å². The van der Waals surface area contributed by atoms with Crippen LogP contribution in [0, 0.1) is 0 Å². The van der Waals surface area contributed by atoms with E-state index >= 15 is 0 Å². The van der Waals surface area contributed by atoms with Crippen LogP contribution in [0.2, 0.25) is 0 Å². The van der Waals surface area contributed by atoms with Gasteiger partial charge in [-0.05, 0) is 43.3 Å². The van der Waals surface area contributed by atoms with E-state index in [1.807, 2.05) is 0 Å². The molecule has 0 unspecified atom stereocenters. The molecule has 0 aliphatic carbocycles. The molecule has 2 aromatic rings. The normalized spacial score (nSPS) is 15.2. The highest BCUT2D eigenvalue weighted by Gasteiger charge is 2.32. The number of alkyl halides is 3. The number of nitrogens with zero attached hydrogens (tertiary/aromatic N) is 1. The number of rotatable bonds is 7. The van der Waals surface area contributed by atoms with Crippen molar-refractivity contribution in [2.75, 3.05) is 45.3 Å². The number of benzene rings is 2. The molecule has 8 nitrogen and oxygen atoms in total. The molecule has 1 amide bonds. The van der Waals surface area contributed by atoms with Gasteiger partial charge in [0.1, 0.15) is 16.4 Å². The lowest BCUT2D eigenvalue weighted by Crippen LogP contribution is -2.40. The Labute approximate surface area is 189 Å². The molecule has 0 atom stereocenters. The molecule has 1 heterocycles. The first-order chi connectivity index (χ1) is 15.6. The summed E-state index contributed by atoms with van der Waals surface area (Å²) in [7, 11) is -2.71. The van der Waals surface area contributed by atoms with Gasteiger partial charge >= 0.3 is 6.18 Å². The Kier molecular flexibility index (Phi) is 7.50. The van der Waals surface area contributed by atoms with E-state index in [2.05, 4.69) is 5.32 Å². The summed E-state index contributed by atoms with van der Waals surface area (Å²) in [5, 5.41) is 2.39. The van der Waals surface area contributed by atoms with Crippen LogP contribution in [0.1, 0.15) is 22.8 Å². The third kappa shape index (κ3) is 5.57. The average molecular weight is 488 g/mol. The van der Waals surface area contributed by atoms with Crippen LogP contribution in [-0.2, 0) is 20.9 Å². The molecule has 0 bridgehead atoms. The molecule has 0 radical (unpaired) electrons. The van der Waals surface area contributed by atoms with E-state index in [0.717, 1.165) is 24.3 Å². The van der Waals surface area contributed by atoms with Gasteiger partial charge in [-0.1, -0.05) is 0 Å². The highest BCUT2D eigenvalue weighted by Crippen LogP contribution is 2.35. The van der Waals surface area contributed by atoms with Crippen LogP contribution < -0.4 is 14.8 Å². The highest BCUT2D eigenvalue weighted by molar-refractivity contribution is 7.89. The Bertz CT molecular complexity index is 1120. The zero-order valence-electron chi connectivity index (χ0n) is 17.9. The summed E-state index contributed by atoms with van der Waals surface area (Å²) in [5.74, 6) is -0.725. The smallest absolute Gasteiger partial charge is 0.416 e. The number of halogens is 3. The molecular weight excluding hydrogens is 465 g/mol. The Morgan fingerprint density at radius 1 is 1.12 bits per heavy atom. The van der Waals surface area contributed by atoms with Crippen molar-refractivity contribution in [3.8, 4) is 11.5 Å². The third-order valence-electron chi connectivity index (χ3n) is 4.87. The summed E-state index contributed by atoms with van der Waals surface area (Å²) in [4.78, 5) is 12.6. The minimum atomic E-state index is -4.62. The number of nitrogens with one attached hydrogen (secondary N) is 1.